The van der Waals surface area contributed by atoms with Crippen molar-refractivity contribution in [2.24, 2.45) is 0 Å². The van der Waals surface area contributed by atoms with E-state index in [1.165, 1.54) is 0 Å². The van der Waals surface area contributed by atoms with Gasteiger partial charge >= 0.3 is 0 Å². The minimum Gasteiger partial charge on any atom is -0.494 e. The van der Waals surface area contributed by atoms with Crippen molar-refractivity contribution < 1.29 is 9.53 Å². The third-order valence-corrected chi connectivity index (χ3v) is 2.90. The summed E-state index contributed by atoms with van der Waals surface area (Å²) in [5, 5.41) is 6.09. The molecular weight excluding hydrogens is 264 g/mol. The molecule has 0 heterocycles. The molecule has 0 aliphatic heterocycles. The molecule has 4 heteroatoms. The van der Waals surface area contributed by atoms with E-state index in [1.54, 1.807) is 19.9 Å². The summed E-state index contributed by atoms with van der Waals surface area (Å²) in [5.74, 6) is 3.02. The Hall–Kier alpha value is -2.15. The van der Waals surface area contributed by atoms with Gasteiger partial charge in [0, 0.05) is 12.2 Å². The van der Waals surface area contributed by atoms with Gasteiger partial charge in [-0.25, -0.2) is 0 Å². The maximum absolute atomic E-state index is 12.5. The van der Waals surface area contributed by atoms with Crippen LogP contribution in [0.4, 0.5) is 5.69 Å². The first-order chi connectivity index (χ1) is 9.93. The second kappa shape index (κ2) is 7.58. The van der Waals surface area contributed by atoms with Crippen LogP contribution < -0.4 is 15.4 Å². The van der Waals surface area contributed by atoms with Gasteiger partial charge in [0.15, 0.2) is 0 Å². The highest BCUT2D eigenvalue weighted by Gasteiger charge is 2.20. The molecular formula is C17H24N2O2. The Morgan fingerprint density at radius 2 is 2.10 bits per heavy atom. The van der Waals surface area contributed by atoms with Crippen molar-refractivity contribution in [1.29, 1.82) is 0 Å². The Labute approximate surface area is 127 Å². The summed E-state index contributed by atoms with van der Waals surface area (Å²) in [7, 11) is 0. The molecule has 0 unspecified atom stereocenters. The van der Waals surface area contributed by atoms with E-state index in [1.807, 2.05) is 19.1 Å². The molecule has 0 saturated heterocycles. The quantitative estimate of drug-likeness (QED) is 0.758. The lowest BCUT2D eigenvalue weighted by Gasteiger charge is -2.21. The van der Waals surface area contributed by atoms with E-state index < -0.39 is 5.54 Å². The van der Waals surface area contributed by atoms with Gasteiger partial charge in [-0.3, -0.25) is 4.79 Å². The number of ether oxygens (including phenoxy) is 1. The molecule has 0 radical (unpaired) electrons. The van der Waals surface area contributed by atoms with Crippen LogP contribution in [0.1, 0.15) is 44.5 Å². The van der Waals surface area contributed by atoms with Crippen LogP contribution in [-0.4, -0.2) is 24.6 Å². The average Bonchev–Trinajstić information content (AvgIpc) is 2.45. The van der Waals surface area contributed by atoms with Crippen LogP contribution in [0.2, 0.25) is 0 Å². The summed E-state index contributed by atoms with van der Waals surface area (Å²) in [6.07, 6.45) is 6.40. The van der Waals surface area contributed by atoms with Gasteiger partial charge in [-0.2, -0.15) is 0 Å². The zero-order valence-electron chi connectivity index (χ0n) is 13.2. The second-order valence-corrected chi connectivity index (χ2v) is 5.29. The molecule has 0 fully saturated rings. The summed E-state index contributed by atoms with van der Waals surface area (Å²) in [6, 6.07) is 5.45. The first-order valence-corrected chi connectivity index (χ1v) is 7.24. The molecule has 1 rings (SSSR count). The van der Waals surface area contributed by atoms with E-state index in [2.05, 4.69) is 23.5 Å². The van der Waals surface area contributed by atoms with E-state index in [0.717, 1.165) is 18.7 Å². The second-order valence-electron chi connectivity index (χ2n) is 5.29. The monoisotopic (exact) mass is 288 g/mol. The third kappa shape index (κ3) is 5.03. The minimum absolute atomic E-state index is 0.210. The zero-order valence-corrected chi connectivity index (χ0v) is 13.2. The van der Waals surface area contributed by atoms with Gasteiger partial charge in [0.05, 0.1) is 17.7 Å². The number of carbonyl (C=O) groups is 1. The van der Waals surface area contributed by atoms with E-state index >= 15 is 0 Å². The predicted molar refractivity (Wildman–Crippen MR) is 86.8 cm³/mol. The lowest BCUT2D eigenvalue weighted by atomic mass is 10.1. The smallest absolute Gasteiger partial charge is 0.254 e. The standard InChI is InChI=1S/C17H24N2O2/c1-6-11-18-15-10-9-13(21-8-3)12-14(15)16(20)19-17(4,5)7-2/h2,9-10,12,18H,6,8,11H2,1,3-5H3,(H,19,20). The van der Waals surface area contributed by atoms with Crippen molar-refractivity contribution in [3.8, 4) is 18.1 Å². The summed E-state index contributed by atoms with van der Waals surface area (Å²) in [6.45, 7) is 8.91. The van der Waals surface area contributed by atoms with Crippen LogP contribution in [0.25, 0.3) is 0 Å². The molecule has 21 heavy (non-hydrogen) atoms. The number of hydrogen-bond acceptors (Lipinski definition) is 3. The highest BCUT2D eigenvalue weighted by atomic mass is 16.5. The first-order valence-electron chi connectivity index (χ1n) is 7.24. The molecule has 0 aliphatic rings. The van der Waals surface area contributed by atoms with Gasteiger partial charge in [0.2, 0.25) is 0 Å². The van der Waals surface area contributed by atoms with E-state index in [0.29, 0.717) is 17.9 Å². The first kappa shape index (κ1) is 16.9. The molecule has 2 N–H and O–H groups in total. The van der Waals surface area contributed by atoms with E-state index in [-0.39, 0.29) is 5.91 Å². The number of nitrogens with one attached hydrogen (secondary N) is 2. The van der Waals surface area contributed by atoms with Crippen molar-refractivity contribution in [1.82, 2.24) is 5.32 Å². The van der Waals surface area contributed by atoms with Gasteiger partial charge in [-0.1, -0.05) is 12.8 Å². The Morgan fingerprint density at radius 3 is 2.67 bits per heavy atom. The summed E-state index contributed by atoms with van der Waals surface area (Å²) in [4.78, 5) is 12.5. The van der Waals surface area contributed by atoms with Crippen molar-refractivity contribution in [3.05, 3.63) is 23.8 Å². The molecule has 0 aliphatic carbocycles. The minimum atomic E-state index is -0.694. The molecule has 0 atom stereocenters. The maximum atomic E-state index is 12.5. The maximum Gasteiger partial charge on any atom is 0.254 e. The Morgan fingerprint density at radius 1 is 1.38 bits per heavy atom. The predicted octanol–water partition coefficient (Wildman–Crippen LogP) is 3.05. The van der Waals surface area contributed by atoms with Crippen LogP contribution in [0.5, 0.6) is 5.75 Å². The van der Waals surface area contributed by atoms with Crippen LogP contribution in [0.3, 0.4) is 0 Å². The summed E-state index contributed by atoms with van der Waals surface area (Å²) < 4.78 is 5.46. The topological polar surface area (TPSA) is 50.4 Å². The molecule has 4 nitrogen and oxygen atoms in total. The number of rotatable bonds is 7. The molecule has 1 amide bonds. The largest absolute Gasteiger partial charge is 0.494 e. The van der Waals surface area contributed by atoms with Gasteiger partial charge in [-0.15, -0.1) is 6.42 Å². The van der Waals surface area contributed by atoms with Gasteiger partial charge in [-0.05, 0) is 45.4 Å². The molecule has 0 saturated carbocycles. The lowest BCUT2D eigenvalue weighted by molar-refractivity contribution is 0.0930. The van der Waals surface area contributed by atoms with Gasteiger partial charge < -0.3 is 15.4 Å². The Kier molecular flexibility index (Phi) is 6.10. The Balaban J connectivity index is 3.07. The molecule has 0 aromatic heterocycles. The molecule has 0 bridgehead atoms. The highest BCUT2D eigenvalue weighted by Crippen LogP contribution is 2.23. The SMILES string of the molecule is C#CC(C)(C)NC(=O)c1cc(OCC)ccc1NCCC. The molecule has 1 aromatic carbocycles. The summed E-state index contributed by atoms with van der Waals surface area (Å²) in [5.41, 5.74) is 0.629. The number of hydrogen-bond donors (Lipinski definition) is 2. The van der Waals surface area contributed by atoms with Crippen LogP contribution >= 0.6 is 0 Å². The number of benzene rings is 1. The average molecular weight is 288 g/mol. The number of anilines is 1. The van der Waals surface area contributed by atoms with Gasteiger partial charge in [0.25, 0.3) is 5.91 Å². The normalized spacial score (nSPS) is 10.6. The Bertz CT molecular complexity index is 530. The number of amides is 1. The van der Waals surface area contributed by atoms with Crippen LogP contribution in [0, 0.1) is 12.3 Å². The fourth-order valence-corrected chi connectivity index (χ4v) is 1.77. The molecule has 0 spiro atoms. The number of carbonyl (C=O) groups excluding carboxylic acids is 1. The van der Waals surface area contributed by atoms with Crippen molar-refractivity contribution in [3.63, 3.8) is 0 Å². The van der Waals surface area contributed by atoms with Crippen molar-refractivity contribution >= 4 is 11.6 Å². The van der Waals surface area contributed by atoms with Crippen LogP contribution in [0.15, 0.2) is 18.2 Å². The molecule has 114 valence electrons. The third-order valence-electron chi connectivity index (χ3n) is 2.90. The van der Waals surface area contributed by atoms with Crippen LogP contribution in [-0.2, 0) is 0 Å². The zero-order chi connectivity index (χ0) is 15.9. The fraction of sp³-hybridized carbons (Fsp3) is 0.471. The highest BCUT2D eigenvalue weighted by molar-refractivity contribution is 6.00. The van der Waals surface area contributed by atoms with Crippen molar-refractivity contribution in [2.75, 3.05) is 18.5 Å². The van der Waals surface area contributed by atoms with Gasteiger partial charge in [0.1, 0.15) is 5.75 Å². The lowest BCUT2D eigenvalue weighted by Crippen LogP contribution is -2.42. The van der Waals surface area contributed by atoms with E-state index in [9.17, 15) is 4.79 Å². The molecule has 1 aromatic rings. The van der Waals surface area contributed by atoms with Crippen molar-refractivity contribution in [2.45, 2.75) is 39.7 Å². The fourth-order valence-electron chi connectivity index (χ4n) is 1.77. The van der Waals surface area contributed by atoms with E-state index in [4.69, 9.17) is 11.2 Å². The number of terminal acetylenes is 1. The summed E-state index contributed by atoms with van der Waals surface area (Å²) >= 11 is 0.